The molecule has 2 rings (SSSR count). The molecule has 0 bridgehead atoms. The van der Waals surface area contributed by atoms with Crippen molar-refractivity contribution in [1.29, 1.82) is 0 Å². The van der Waals surface area contributed by atoms with E-state index in [0.717, 1.165) is 0 Å². The number of benzene rings is 2. The molecule has 2 N–H and O–H groups in total. The first-order chi connectivity index (χ1) is 12.9. The molecule has 8 nitrogen and oxygen atoms in total. The van der Waals surface area contributed by atoms with Crippen LogP contribution >= 0.6 is 11.6 Å². The molecule has 0 saturated carbocycles. The van der Waals surface area contributed by atoms with Crippen LogP contribution in [0.2, 0.25) is 5.02 Å². The van der Waals surface area contributed by atoms with Gasteiger partial charge in [-0.05, 0) is 36.8 Å². The van der Waals surface area contributed by atoms with Gasteiger partial charge >= 0.3 is 0 Å². The number of anilines is 1. The van der Waals surface area contributed by atoms with Crippen LogP contribution in [0, 0.1) is 10.1 Å². The van der Waals surface area contributed by atoms with Gasteiger partial charge in [-0.15, -0.1) is 0 Å². The fourth-order valence-corrected chi connectivity index (χ4v) is 2.28. The van der Waals surface area contributed by atoms with Gasteiger partial charge in [-0.25, -0.2) is 5.43 Å². The molecule has 27 heavy (non-hydrogen) atoms. The average Bonchev–Trinajstić information content (AvgIpc) is 2.66. The zero-order valence-corrected chi connectivity index (χ0v) is 15.2. The van der Waals surface area contributed by atoms with Crippen molar-refractivity contribution < 1.29 is 14.5 Å². The Morgan fingerprint density at radius 1 is 1.07 bits per heavy atom. The summed E-state index contributed by atoms with van der Waals surface area (Å²) in [5.41, 5.74) is 3.93. The number of hydrazone groups is 1. The van der Waals surface area contributed by atoms with Crippen molar-refractivity contribution in [2.75, 3.05) is 5.32 Å². The van der Waals surface area contributed by atoms with E-state index in [1.54, 1.807) is 43.3 Å². The Morgan fingerprint density at radius 3 is 2.33 bits per heavy atom. The normalized spacial score (nSPS) is 11.0. The summed E-state index contributed by atoms with van der Waals surface area (Å²) in [5, 5.41) is 17.6. The number of hydrogen-bond donors (Lipinski definition) is 2. The first kappa shape index (κ1) is 20.1. The first-order valence-corrected chi connectivity index (χ1v) is 8.37. The number of hydrogen-bond acceptors (Lipinski definition) is 5. The van der Waals surface area contributed by atoms with E-state index in [2.05, 4.69) is 15.8 Å². The number of nitro benzene ring substituents is 1. The van der Waals surface area contributed by atoms with Gasteiger partial charge in [0.15, 0.2) is 0 Å². The minimum absolute atomic E-state index is 0.0246. The SMILES string of the molecule is CC(=NNC(=O)CCC(=O)Nc1ccccc1Cl)c1ccc([N+](=O)[O-])cc1. The van der Waals surface area contributed by atoms with Crippen molar-refractivity contribution in [2.45, 2.75) is 19.8 Å². The predicted molar refractivity (Wildman–Crippen MR) is 103 cm³/mol. The summed E-state index contributed by atoms with van der Waals surface area (Å²) < 4.78 is 0. The summed E-state index contributed by atoms with van der Waals surface area (Å²) in [7, 11) is 0. The van der Waals surface area contributed by atoms with Crippen molar-refractivity contribution in [3.8, 4) is 0 Å². The Balaban J connectivity index is 1.82. The predicted octanol–water partition coefficient (Wildman–Crippen LogP) is 3.51. The monoisotopic (exact) mass is 388 g/mol. The Hall–Kier alpha value is -3.26. The van der Waals surface area contributed by atoms with Crippen molar-refractivity contribution in [2.24, 2.45) is 5.10 Å². The van der Waals surface area contributed by atoms with E-state index in [9.17, 15) is 19.7 Å². The van der Waals surface area contributed by atoms with E-state index >= 15 is 0 Å². The number of carbonyl (C=O) groups is 2. The standard InChI is InChI=1S/C18H17ClN4O4/c1-12(13-6-8-14(9-7-13)23(26)27)21-22-18(25)11-10-17(24)20-16-5-3-2-4-15(16)19/h2-9H,10-11H2,1H3,(H,20,24)(H,22,25). The van der Waals surface area contributed by atoms with Crippen LogP contribution in [-0.4, -0.2) is 22.4 Å². The molecular weight excluding hydrogens is 372 g/mol. The number of halogens is 1. The van der Waals surface area contributed by atoms with Crippen molar-refractivity contribution in [3.63, 3.8) is 0 Å². The zero-order valence-electron chi connectivity index (χ0n) is 14.4. The summed E-state index contributed by atoms with van der Waals surface area (Å²) in [5.74, 6) is -0.764. The van der Waals surface area contributed by atoms with Crippen LogP contribution < -0.4 is 10.7 Å². The van der Waals surface area contributed by atoms with Gasteiger partial charge in [0.25, 0.3) is 5.69 Å². The number of nitro groups is 1. The lowest BCUT2D eigenvalue weighted by molar-refractivity contribution is -0.384. The van der Waals surface area contributed by atoms with Crippen molar-refractivity contribution in [1.82, 2.24) is 5.43 Å². The molecule has 9 heteroatoms. The van der Waals surface area contributed by atoms with Crippen LogP contribution in [0.15, 0.2) is 53.6 Å². The van der Waals surface area contributed by atoms with E-state index in [1.165, 1.54) is 12.1 Å². The number of rotatable bonds is 7. The molecule has 0 spiro atoms. The maximum absolute atomic E-state index is 11.9. The van der Waals surface area contributed by atoms with Crippen LogP contribution in [0.5, 0.6) is 0 Å². The Labute approximate surface area is 160 Å². The molecule has 0 heterocycles. The van der Waals surface area contributed by atoms with Crippen LogP contribution in [0.1, 0.15) is 25.3 Å². The highest BCUT2D eigenvalue weighted by Crippen LogP contribution is 2.20. The van der Waals surface area contributed by atoms with E-state index in [0.29, 0.717) is 22.0 Å². The fourth-order valence-electron chi connectivity index (χ4n) is 2.09. The number of para-hydroxylation sites is 1. The highest BCUT2D eigenvalue weighted by Gasteiger charge is 2.09. The Kier molecular flexibility index (Phi) is 7.01. The second-order valence-corrected chi connectivity index (χ2v) is 5.97. The second kappa shape index (κ2) is 9.44. The fraction of sp³-hybridized carbons (Fsp3) is 0.167. The van der Waals surface area contributed by atoms with E-state index in [4.69, 9.17) is 11.6 Å². The maximum Gasteiger partial charge on any atom is 0.269 e. The summed E-state index contributed by atoms with van der Waals surface area (Å²) in [6.07, 6.45) is -0.0729. The number of nitrogens with one attached hydrogen (secondary N) is 2. The number of carbonyl (C=O) groups excluding carboxylic acids is 2. The van der Waals surface area contributed by atoms with Crippen LogP contribution in [-0.2, 0) is 9.59 Å². The molecule has 0 radical (unpaired) electrons. The van der Waals surface area contributed by atoms with Crippen LogP contribution in [0.3, 0.4) is 0 Å². The minimum Gasteiger partial charge on any atom is -0.325 e. The molecule has 140 valence electrons. The zero-order chi connectivity index (χ0) is 19.8. The van der Waals surface area contributed by atoms with Gasteiger partial charge in [0.05, 0.1) is 21.3 Å². The third-order valence-corrected chi connectivity index (χ3v) is 3.90. The van der Waals surface area contributed by atoms with E-state index < -0.39 is 10.8 Å². The van der Waals surface area contributed by atoms with Gasteiger partial charge in [0.2, 0.25) is 11.8 Å². The van der Waals surface area contributed by atoms with Gasteiger partial charge in [0, 0.05) is 25.0 Å². The number of amides is 2. The van der Waals surface area contributed by atoms with Gasteiger partial charge in [-0.1, -0.05) is 23.7 Å². The van der Waals surface area contributed by atoms with Crippen molar-refractivity contribution >= 4 is 40.5 Å². The lowest BCUT2D eigenvalue weighted by atomic mass is 10.1. The second-order valence-electron chi connectivity index (χ2n) is 5.56. The molecule has 0 atom stereocenters. The summed E-state index contributed by atoms with van der Waals surface area (Å²) >= 11 is 5.95. The van der Waals surface area contributed by atoms with Gasteiger partial charge in [-0.3, -0.25) is 19.7 Å². The molecule has 0 aliphatic rings. The largest absolute Gasteiger partial charge is 0.325 e. The highest BCUT2D eigenvalue weighted by molar-refractivity contribution is 6.33. The molecule has 0 fully saturated rings. The molecule has 0 unspecified atom stereocenters. The van der Waals surface area contributed by atoms with Crippen molar-refractivity contribution in [3.05, 3.63) is 69.2 Å². The molecule has 0 aromatic heterocycles. The highest BCUT2D eigenvalue weighted by atomic mass is 35.5. The first-order valence-electron chi connectivity index (χ1n) is 7.99. The summed E-state index contributed by atoms with van der Waals surface area (Å²) in [4.78, 5) is 33.8. The maximum atomic E-state index is 11.9. The molecule has 0 aliphatic heterocycles. The van der Waals surface area contributed by atoms with Gasteiger partial charge < -0.3 is 5.32 Å². The molecule has 2 aromatic rings. The van der Waals surface area contributed by atoms with Gasteiger partial charge in [0.1, 0.15) is 0 Å². The summed E-state index contributed by atoms with van der Waals surface area (Å²) in [6, 6.07) is 12.6. The van der Waals surface area contributed by atoms with Gasteiger partial charge in [-0.2, -0.15) is 5.10 Å². The average molecular weight is 389 g/mol. The topological polar surface area (TPSA) is 114 Å². The smallest absolute Gasteiger partial charge is 0.269 e. The Morgan fingerprint density at radius 2 is 1.70 bits per heavy atom. The molecule has 2 aromatic carbocycles. The lowest BCUT2D eigenvalue weighted by Gasteiger charge is -2.06. The number of nitrogens with zero attached hydrogens (tertiary/aromatic N) is 2. The summed E-state index contributed by atoms with van der Waals surface area (Å²) in [6.45, 7) is 1.66. The molecule has 0 aliphatic carbocycles. The van der Waals surface area contributed by atoms with Crippen LogP contribution in [0.25, 0.3) is 0 Å². The van der Waals surface area contributed by atoms with Crippen LogP contribution in [0.4, 0.5) is 11.4 Å². The van der Waals surface area contributed by atoms with E-state index in [-0.39, 0.29) is 24.4 Å². The molecule has 2 amide bonds. The lowest BCUT2D eigenvalue weighted by Crippen LogP contribution is -2.21. The third kappa shape index (κ3) is 6.19. The third-order valence-electron chi connectivity index (χ3n) is 3.57. The Bertz CT molecular complexity index is 881. The molecule has 0 saturated heterocycles. The quantitative estimate of drug-likeness (QED) is 0.429. The molecular formula is C18H17ClN4O4. The number of non-ortho nitro benzene ring substituents is 1. The minimum atomic E-state index is -0.494. The van der Waals surface area contributed by atoms with E-state index in [1.807, 2.05) is 0 Å².